The Kier molecular flexibility index (Phi) is 4.18. The Balaban J connectivity index is 2.11. The molecule has 0 aromatic carbocycles. The summed E-state index contributed by atoms with van der Waals surface area (Å²) in [6.45, 7) is 11.4. The highest BCUT2D eigenvalue weighted by atomic mass is 16.5. The molecule has 0 unspecified atom stereocenters. The van der Waals surface area contributed by atoms with Gasteiger partial charge < -0.3 is 9.84 Å². The van der Waals surface area contributed by atoms with E-state index >= 15 is 0 Å². The van der Waals surface area contributed by atoms with E-state index in [0.29, 0.717) is 17.3 Å². The van der Waals surface area contributed by atoms with Crippen LogP contribution in [0, 0.1) is 28.1 Å². The lowest BCUT2D eigenvalue weighted by Crippen LogP contribution is -2.58. The third-order valence-electron chi connectivity index (χ3n) is 8.11. The molecular weight excluding hydrogens is 300 g/mol. The molecule has 0 saturated heterocycles. The first-order chi connectivity index (χ1) is 11.1. The van der Waals surface area contributed by atoms with Crippen molar-refractivity contribution in [1.29, 1.82) is 0 Å². The summed E-state index contributed by atoms with van der Waals surface area (Å²) in [6.07, 6.45) is 6.21. The molecule has 3 aliphatic carbocycles. The van der Waals surface area contributed by atoms with Gasteiger partial charge in [-0.2, -0.15) is 0 Å². The van der Waals surface area contributed by atoms with Gasteiger partial charge in [0.05, 0.1) is 13.2 Å². The number of esters is 1. The van der Waals surface area contributed by atoms with Gasteiger partial charge in [-0.1, -0.05) is 34.1 Å². The maximum absolute atomic E-state index is 12.6. The summed E-state index contributed by atoms with van der Waals surface area (Å²) in [5.41, 5.74) is 1.96. The Bertz CT molecular complexity index is 576. The number of carbonyl (C=O) groups is 1. The number of aliphatic hydroxyl groups excluding tert-OH is 1. The molecule has 2 saturated carbocycles. The van der Waals surface area contributed by atoms with Crippen LogP contribution in [0.2, 0.25) is 0 Å². The number of carbonyl (C=O) groups excluding carboxylic acids is 1. The molecule has 3 aliphatic rings. The zero-order chi connectivity index (χ0) is 17.9. The Morgan fingerprint density at radius 1 is 1.12 bits per heavy atom. The quantitative estimate of drug-likeness (QED) is 0.719. The summed E-state index contributed by atoms with van der Waals surface area (Å²) >= 11 is 0. The topological polar surface area (TPSA) is 46.5 Å². The molecule has 3 rings (SSSR count). The van der Waals surface area contributed by atoms with Gasteiger partial charge in [-0.3, -0.25) is 0 Å². The van der Waals surface area contributed by atoms with Gasteiger partial charge in [-0.05, 0) is 67.3 Å². The van der Waals surface area contributed by atoms with Crippen LogP contribution >= 0.6 is 0 Å². The van der Waals surface area contributed by atoms with Crippen LogP contribution in [0.25, 0.3) is 0 Å². The molecule has 2 fully saturated rings. The van der Waals surface area contributed by atoms with Gasteiger partial charge in [0.25, 0.3) is 0 Å². The molecule has 0 amide bonds. The average Bonchev–Trinajstić information content (AvgIpc) is 2.48. The smallest absolute Gasteiger partial charge is 0.334 e. The molecule has 5 atom stereocenters. The Morgan fingerprint density at radius 2 is 1.79 bits per heavy atom. The second-order valence-electron chi connectivity index (χ2n) is 9.71. The van der Waals surface area contributed by atoms with Crippen molar-refractivity contribution in [2.45, 2.75) is 79.2 Å². The van der Waals surface area contributed by atoms with Gasteiger partial charge in [-0.25, -0.2) is 4.79 Å². The number of fused-ring (bicyclic) bond motifs is 3. The molecule has 24 heavy (non-hydrogen) atoms. The summed E-state index contributed by atoms with van der Waals surface area (Å²) in [4.78, 5) is 12.6. The minimum atomic E-state index is -0.516. The minimum Gasteiger partial charge on any atom is -0.466 e. The first kappa shape index (κ1) is 18.0. The molecule has 0 bridgehead atoms. The van der Waals surface area contributed by atoms with E-state index in [0.717, 1.165) is 24.0 Å². The third-order valence-corrected chi connectivity index (χ3v) is 8.11. The number of rotatable bonds is 1. The molecule has 0 aliphatic heterocycles. The van der Waals surface area contributed by atoms with Gasteiger partial charge in [0.1, 0.15) is 0 Å². The van der Waals surface area contributed by atoms with Crippen LogP contribution in [-0.2, 0) is 9.53 Å². The van der Waals surface area contributed by atoms with E-state index in [9.17, 15) is 9.90 Å². The number of methoxy groups -OCH3 is 1. The molecular formula is C21H34O3. The Morgan fingerprint density at radius 3 is 2.42 bits per heavy atom. The second kappa shape index (κ2) is 5.59. The predicted molar refractivity (Wildman–Crippen MR) is 95.4 cm³/mol. The SMILES string of the molecule is COC(=O)C1=C(C)[C@@H](O)C[C@H]2[C@]3(C)CCCC(C)(C)[C@H]3CC[C@]12C. The number of hydrogen-bond acceptors (Lipinski definition) is 3. The number of hydrogen-bond donors (Lipinski definition) is 1. The molecule has 1 N–H and O–H groups in total. The molecule has 3 heteroatoms. The second-order valence-corrected chi connectivity index (χ2v) is 9.71. The zero-order valence-corrected chi connectivity index (χ0v) is 16.2. The zero-order valence-electron chi connectivity index (χ0n) is 16.2. The number of ether oxygens (including phenoxy) is 1. The highest BCUT2D eigenvalue weighted by Gasteiger charge is 2.61. The largest absolute Gasteiger partial charge is 0.466 e. The Labute approximate surface area is 146 Å². The van der Waals surface area contributed by atoms with Crippen molar-refractivity contribution in [3.8, 4) is 0 Å². The fourth-order valence-electron chi connectivity index (χ4n) is 6.99. The maximum atomic E-state index is 12.6. The molecule has 3 nitrogen and oxygen atoms in total. The van der Waals surface area contributed by atoms with Gasteiger partial charge in [0.2, 0.25) is 0 Å². The van der Waals surface area contributed by atoms with Crippen molar-refractivity contribution in [2.24, 2.45) is 28.1 Å². The van der Waals surface area contributed by atoms with E-state index in [-0.39, 0.29) is 16.8 Å². The van der Waals surface area contributed by atoms with Crippen LogP contribution in [0.15, 0.2) is 11.1 Å². The molecule has 0 aromatic heterocycles. The van der Waals surface area contributed by atoms with Crippen molar-refractivity contribution in [3.63, 3.8) is 0 Å². The summed E-state index contributed by atoms with van der Waals surface area (Å²) in [5.74, 6) is 0.772. The summed E-state index contributed by atoms with van der Waals surface area (Å²) in [5, 5.41) is 10.7. The van der Waals surface area contributed by atoms with Gasteiger partial charge >= 0.3 is 5.97 Å². The van der Waals surface area contributed by atoms with Crippen molar-refractivity contribution in [1.82, 2.24) is 0 Å². The lowest BCUT2D eigenvalue weighted by molar-refractivity contribution is -0.151. The highest BCUT2D eigenvalue weighted by molar-refractivity contribution is 5.91. The molecule has 0 heterocycles. The van der Waals surface area contributed by atoms with E-state index in [2.05, 4.69) is 27.7 Å². The molecule has 0 aromatic rings. The van der Waals surface area contributed by atoms with Crippen molar-refractivity contribution >= 4 is 5.97 Å². The molecule has 0 radical (unpaired) electrons. The van der Waals surface area contributed by atoms with Crippen LogP contribution in [0.4, 0.5) is 0 Å². The van der Waals surface area contributed by atoms with E-state index in [1.807, 2.05) is 6.92 Å². The summed E-state index contributed by atoms with van der Waals surface area (Å²) < 4.78 is 5.12. The third kappa shape index (κ3) is 2.30. The van der Waals surface area contributed by atoms with Crippen LogP contribution in [0.5, 0.6) is 0 Å². The van der Waals surface area contributed by atoms with Crippen LogP contribution < -0.4 is 0 Å². The van der Waals surface area contributed by atoms with Crippen molar-refractivity contribution in [2.75, 3.05) is 7.11 Å². The average molecular weight is 335 g/mol. The summed E-state index contributed by atoms with van der Waals surface area (Å²) in [6, 6.07) is 0. The lowest BCUT2D eigenvalue weighted by atomic mass is 9.40. The summed E-state index contributed by atoms with van der Waals surface area (Å²) in [7, 11) is 1.46. The van der Waals surface area contributed by atoms with Gasteiger partial charge in [0.15, 0.2) is 0 Å². The maximum Gasteiger partial charge on any atom is 0.334 e. The molecule has 0 spiro atoms. The first-order valence-electron chi connectivity index (χ1n) is 9.55. The Hall–Kier alpha value is -0.830. The van der Waals surface area contributed by atoms with Crippen LogP contribution in [0.3, 0.4) is 0 Å². The van der Waals surface area contributed by atoms with Crippen LogP contribution in [0.1, 0.15) is 73.1 Å². The lowest BCUT2D eigenvalue weighted by Gasteiger charge is -2.64. The molecule has 136 valence electrons. The predicted octanol–water partition coefficient (Wildman–Crippen LogP) is 4.49. The van der Waals surface area contributed by atoms with Crippen molar-refractivity contribution in [3.05, 3.63) is 11.1 Å². The monoisotopic (exact) mass is 334 g/mol. The van der Waals surface area contributed by atoms with Crippen LogP contribution in [-0.4, -0.2) is 24.3 Å². The van der Waals surface area contributed by atoms with E-state index in [1.165, 1.54) is 32.8 Å². The van der Waals surface area contributed by atoms with Crippen molar-refractivity contribution < 1.29 is 14.6 Å². The first-order valence-corrected chi connectivity index (χ1v) is 9.55. The van der Waals surface area contributed by atoms with E-state index in [1.54, 1.807) is 0 Å². The van der Waals surface area contributed by atoms with E-state index < -0.39 is 6.10 Å². The minimum absolute atomic E-state index is 0.172. The normalized spacial score (nSPS) is 44.5. The standard InChI is InChI=1S/C21H34O3/c1-13-14(22)12-16-20(4)10-7-9-19(2,3)15(20)8-11-21(16,5)17(13)18(23)24-6/h14-16,22H,7-12H2,1-6H3/t14-,15+,16-,20+,21-/m0/s1. The fourth-order valence-corrected chi connectivity index (χ4v) is 6.99. The highest BCUT2D eigenvalue weighted by Crippen LogP contribution is 2.68. The number of aliphatic hydroxyl groups is 1. The van der Waals surface area contributed by atoms with Gasteiger partial charge in [-0.15, -0.1) is 0 Å². The van der Waals surface area contributed by atoms with Gasteiger partial charge in [0, 0.05) is 11.0 Å². The van der Waals surface area contributed by atoms with E-state index in [4.69, 9.17) is 4.74 Å². The fraction of sp³-hybridized carbons (Fsp3) is 0.857.